The lowest BCUT2D eigenvalue weighted by atomic mass is 9.98. The van der Waals surface area contributed by atoms with Gasteiger partial charge in [-0.1, -0.05) is 44.2 Å². The molecule has 174 valence electrons. The van der Waals surface area contributed by atoms with Crippen LogP contribution in [-0.2, 0) is 4.79 Å². The Morgan fingerprint density at radius 1 is 1.12 bits per heavy atom. The number of aromatic nitrogens is 1. The summed E-state index contributed by atoms with van der Waals surface area (Å²) in [6, 6.07) is 21.2. The zero-order valence-corrected chi connectivity index (χ0v) is 20.2. The predicted molar refractivity (Wildman–Crippen MR) is 139 cm³/mol. The Bertz CT molecular complexity index is 1330. The average Bonchev–Trinajstić information content (AvgIpc) is 3.26. The van der Waals surface area contributed by atoms with Crippen LogP contribution in [0.4, 0.5) is 5.69 Å². The number of carbonyl (C=O) groups is 1. The van der Waals surface area contributed by atoms with E-state index in [9.17, 15) is 4.79 Å². The number of hydrogen-bond donors (Lipinski definition) is 2. The molecule has 1 aromatic heterocycles. The van der Waals surface area contributed by atoms with Gasteiger partial charge in [-0.3, -0.25) is 10.1 Å². The molecule has 0 unspecified atom stereocenters. The van der Waals surface area contributed by atoms with Gasteiger partial charge in [0.15, 0.2) is 17.3 Å². The van der Waals surface area contributed by atoms with Crippen LogP contribution in [0.1, 0.15) is 37.3 Å². The van der Waals surface area contributed by atoms with E-state index < -0.39 is 0 Å². The van der Waals surface area contributed by atoms with Crippen LogP contribution < -0.4 is 15.4 Å². The monoisotopic (exact) mass is 473 g/mol. The molecule has 4 aromatic rings. The lowest BCUT2D eigenvalue weighted by Crippen LogP contribution is -2.37. The fourth-order valence-electron chi connectivity index (χ4n) is 3.53. The van der Waals surface area contributed by atoms with Crippen LogP contribution in [0.2, 0.25) is 0 Å². The smallest absolute Gasteiger partial charge is 0.264 e. The van der Waals surface area contributed by atoms with Crippen molar-refractivity contribution in [2.75, 3.05) is 11.9 Å². The van der Waals surface area contributed by atoms with Gasteiger partial charge in [0.25, 0.3) is 5.91 Å². The molecule has 0 aliphatic carbocycles. The van der Waals surface area contributed by atoms with Crippen molar-refractivity contribution in [2.45, 2.75) is 33.1 Å². The molecule has 0 aliphatic rings. The van der Waals surface area contributed by atoms with Gasteiger partial charge in [0, 0.05) is 11.3 Å². The number of hydrogen-bond acceptors (Lipinski definition) is 5. The lowest BCUT2D eigenvalue weighted by Gasteiger charge is -2.11. The van der Waals surface area contributed by atoms with E-state index in [1.165, 1.54) is 5.56 Å². The van der Waals surface area contributed by atoms with Gasteiger partial charge >= 0.3 is 0 Å². The van der Waals surface area contributed by atoms with Gasteiger partial charge in [-0.15, -0.1) is 0 Å². The van der Waals surface area contributed by atoms with Gasteiger partial charge < -0.3 is 14.5 Å². The highest BCUT2D eigenvalue weighted by Crippen LogP contribution is 2.29. The van der Waals surface area contributed by atoms with Crippen molar-refractivity contribution in [2.24, 2.45) is 0 Å². The van der Waals surface area contributed by atoms with Crippen molar-refractivity contribution in [1.82, 2.24) is 10.3 Å². The number of aryl methyl sites for hydroxylation is 1. The second-order valence-electron chi connectivity index (χ2n) is 8.19. The van der Waals surface area contributed by atoms with Gasteiger partial charge in [-0.2, -0.15) is 0 Å². The van der Waals surface area contributed by atoms with Crippen LogP contribution in [0.15, 0.2) is 71.1 Å². The molecule has 0 saturated carbocycles. The molecule has 4 rings (SSSR count). The zero-order valence-electron chi connectivity index (χ0n) is 19.4. The number of ether oxygens (including phenoxy) is 1. The molecule has 1 atom stereocenters. The van der Waals surface area contributed by atoms with E-state index in [0.717, 1.165) is 28.6 Å². The third-order valence-corrected chi connectivity index (χ3v) is 5.87. The number of benzene rings is 3. The summed E-state index contributed by atoms with van der Waals surface area (Å²) in [5.41, 5.74) is 5.31. The van der Waals surface area contributed by atoms with Crippen molar-refractivity contribution < 1.29 is 13.9 Å². The second kappa shape index (κ2) is 10.5. The van der Waals surface area contributed by atoms with E-state index >= 15 is 0 Å². The van der Waals surface area contributed by atoms with Crippen LogP contribution in [0.25, 0.3) is 22.6 Å². The third kappa shape index (κ3) is 5.61. The number of thiocarbonyl (C=S) groups is 1. The molecule has 0 aliphatic heterocycles. The molecule has 3 aromatic carbocycles. The summed E-state index contributed by atoms with van der Waals surface area (Å²) in [5, 5.41) is 5.86. The Morgan fingerprint density at radius 2 is 1.94 bits per heavy atom. The first-order valence-electron chi connectivity index (χ1n) is 11.2. The number of fused-ring (bicyclic) bond motifs is 1. The standard InChI is InChI=1S/C27H27N3O3S/c1-4-17(2)19-12-13-24-22(15-19)29-26(33-24)20-9-7-10-21(14-20)28-27(34)30-25(31)16-32-23-11-6-5-8-18(23)3/h5-15,17H,4,16H2,1-3H3,(H2,28,30,31,34)/t17-/m1/s1. The average molecular weight is 474 g/mol. The molecule has 0 saturated heterocycles. The number of oxazole rings is 1. The van der Waals surface area contributed by atoms with E-state index in [1.807, 2.05) is 61.5 Å². The molecular formula is C27H27N3O3S. The summed E-state index contributed by atoms with van der Waals surface area (Å²) in [5.74, 6) is 1.32. The quantitative estimate of drug-likeness (QED) is 0.311. The minimum Gasteiger partial charge on any atom is -0.483 e. The topological polar surface area (TPSA) is 76.4 Å². The number of nitrogens with one attached hydrogen (secondary N) is 2. The second-order valence-corrected chi connectivity index (χ2v) is 8.60. The molecular weight excluding hydrogens is 446 g/mol. The summed E-state index contributed by atoms with van der Waals surface area (Å²) < 4.78 is 11.5. The molecule has 1 heterocycles. The Kier molecular flexibility index (Phi) is 7.23. The summed E-state index contributed by atoms with van der Waals surface area (Å²) in [7, 11) is 0. The maximum Gasteiger partial charge on any atom is 0.264 e. The summed E-state index contributed by atoms with van der Waals surface area (Å²) in [6.07, 6.45) is 1.07. The van der Waals surface area contributed by atoms with Crippen molar-refractivity contribution >= 4 is 40.0 Å². The van der Waals surface area contributed by atoms with E-state index in [4.69, 9.17) is 21.4 Å². The molecule has 34 heavy (non-hydrogen) atoms. The van der Waals surface area contributed by atoms with Crippen LogP contribution in [0.5, 0.6) is 5.75 Å². The number of amides is 1. The number of anilines is 1. The molecule has 1 amide bonds. The van der Waals surface area contributed by atoms with Gasteiger partial charge in [0.05, 0.1) is 0 Å². The van der Waals surface area contributed by atoms with Crippen LogP contribution in [0, 0.1) is 6.92 Å². The van der Waals surface area contributed by atoms with Crippen molar-refractivity contribution in [3.63, 3.8) is 0 Å². The van der Waals surface area contributed by atoms with Crippen LogP contribution in [-0.4, -0.2) is 22.6 Å². The van der Waals surface area contributed by atoms with Crippen molar-refractivity contribution in [3.05, 3.63) is 77.9 Å². The Balaban J connectivity index is 1.40. The zero-order chi connectivity index (χ0) is 24.1. The largest absolute Gasteiger partial charge is 0.483 e. The van der Waals surface area contributed by atoms with Gasteiger partial charge in [-0.25, -0.2) is 4.98 Å². The molecule has 0 fully saturated rings. The molecule has 7 heteroatoms. The van der Waals surface area contributed by atoms with Crippen molar-refractivity contribution in [1.29, 1.82) is 0 Å². The Hall–Kier alpha value is -3.71. The number of nitrogens with zero attached hydrogens (tertiary/aromatic N) is 1. The lowest BCUT2D eigenvalue weighted by molar-refractivity contribution is -0.121. The van der Waals surface area contributed by atoms with Gasteiger partial charge in [0.1, 0.15) is 11.3 Å². The summed E-state index contributed by atoms with van der Waals surface area (Å²) >= 11 is 5.29. The highest BCUT2D eigenvalue weighted by molar-refractivity contribution is 7.80. The van der Waals surface area contributed by atoms with Crippen molar-refractivity contribution in [3.8, 4) is 17.2 Å². The maximum atomic E-state index is 12.2. The Labute approximate surface area is 204 Å². The maximum absolute atomic E-state index is 12.2. The number of rotatable bonds is 7. The normalized spacial score (nSPS) is 11.7. The summed E-state index contributed by atoms with van der Waals surface area (Å²) in [6.45, 7) is 6.17. The molecule has 0 bridgehead atoms. The van der Waals surface area contributed by atoms with E-state index in [-0.39, 0.29) is 17.6 Å². The minimum atomic E-state index is -0.340. The van der Waals surface area contributed by atoms with Crippen LogP contribution >= 0.6 is 12.2 Å². The predicted octanol–water partition coefficient (Wildman–Crippen LogP) is 6.21. The van der Waals surface area contributed by atoms with Gasteiger partial charge in [0.2, 0.25) is 5.89 Å². The number of carbonyl (C=O) groups excluding carboxylic acids is 1. The third-order valence-electron chi connectivity index (χ3n) is 5.67. The Morgan fingerprint density at radius 3 is 2.74 bits per heavy atom. The van der Waals surface area contributed by atoms with Crippen LogP contribution in [0.3, 0.4) is 0 Å². The van der Waals surface area contributed by atoms with E-state index in [0.29, 0.717) is 23.2 Å². The highest BCUT2D eigenvalue weighted by atomic mass is 32.1. The van der Waals surface area contributed by atoms with E-state index in [2.05, 4.69) is 41.6 Å². The SMILES string of the molecule is CC[C@@H](C)c1ccc2oc(-c3cccc(NC(=S)NC(=O)COc4ccccc4C)c3)nc2c1. The fraction of sp³-hybridized carbons (Fsp3) is 0.222. The molecule has 6 nitrogen and oxygen atoms in total. The fourth-order valence-corrected chi connectivity index (χ4v) is 3.76. The highest BCUT2D eigenvalue weighted by Gasteiger charge is 2.12. The summed E-state index contributed by atoms with van der Waals surface area (Å²) in [4.78, 5) is 16.9. The molecule has 0 spiro atoms. The first kappa shape index (κ1) is 23.4. The minimum absolute atomic E-state index is 0.131. The number of para-hydroxylation sites is 1. The van der Waals surface area contributed by atoms with E-state index in [1.54, 1.807) is 0 Å². The first-order chi connectivity index (χ1) is 16.4. The molecule has 2 N–H and O–H groups in total. The first-order valence-corrected chi connectivity index (χ1v) is 11.6. The molecule has 0 radical (unpaired) electrons. The van der Waals surface area contributed by atoms with Gasteiger partial charge in [-0.05, 0) is 79.0 Å².